The second-order valence-electron chi connectivity index (χ2n) is 5.19. The molecule has 1 aromatic heterocycles. The minimum Gasteiger partial charge on any atom is -0.484 e. The van der Waals surface area contributed by atoms with Crippen molar-refractivity contribution in [1.82, 2.24) is 10.2 Å². The number of rotatable bonds is 7. The molecule has 0 aliphatic rings. The molecule has 27 heavy (non-hydrogen) atoms. The summed E-state index contributed by atoms with van der Waals surface area (Å²) in [5.41, 5.74) is 0.953. The minimum atomic E-state index is -0.300. The van der Waals surface area contributed by atoms with Gasteiger partial charge in [0.25, 0.3) is 5.91 Å². The molecular weight excluding hydrogens is 493 g/mol. The average molecular weight is 505 g/mol. The summed E-state index contributed by atoms with van der Waals surface area (Å²) in [5, 5.41) is 12.3. The highest BCUT2D eigenvalue weighted by Crippen LogP contribution is 2.31. The lowest BCUT2D eigenvalue weighted by molar-refractivity contribution is -0.118. The number of ether oxygens (including phenoxy) is 1. The standard InChI is InChI=1S/C17H12BrCl2N3O2S2/c18-11-2-5-13(6-3-11)25-8-15(24)21-16-22-23-17(27-16)26-9-10-1-4-12(19)7-14(10)20/h1-7H,8-9H2,(H,21,22,24). The van der Waals surface area contributed by atoms with Crippen molar-refractivity contribution in [3.63, 3.8) is 0 Å². The van der Waals surface area contributed by atoms with E-state index in [2.05, 4.69) is 31.4 Å². The van der Waals surface area contributed by atoms with Crippen LogP contribution in [0.3, 0.4) is 0 Å². The van der Waals surface area contributed by atoms with Crippen LogP contribution in [-0.2, 0) is 10.5 Å². The number of nitrogens with one attached hydrogen (secondary N) is 1. The van der Waals surface area contributed by atoms with E-state index >= 15 is 0 Å². The van der Waals surface area contributed by atoms with Gasteiger partial charge in [0.15, 0.2) is 10.9 Å². The summed E-state index contributed by atoms with van der Waals surface area (Å²) in [4.78, 5) is 12.0. The molecule has 0 spiro atoms. The number of carbonyl (C=O) groups excluding carboxylic acids is 1. The van der Waals surface area contributed by atoms with E-state index in [9.17, 15) is 4.79 Å². The topological polar surface area (TPSA) is 64.1 Å². The highest BCUT2D eigenvalue weighted by Gasteiger charge is 2.10. The third kappa shape index (κ3) is 6.36. The minimum absolute atomic E-state index is 0.107. The van der Waals surface area contributed by atoms with Gasteiger partial charge in [-0.2, -0.15) is 0 Å². The van der Waals surface area contributed by atoms with E-state index in [0.717, 1.165) is 14.4 Å². The molecule has 3 aromatic rings. The van der Waals surface area contributed by atoms with Crippen LogP contribution in [-0.4, -0.2) is 22.7 Å². The zero-order valence-corrected chi connectivity index (χ0v) is 18.3. The van der Waals surface area contributed by atoms with Gasteiger partial charge in [0, 0.05) is 20.3 Å². The fraction of sp³-hybridized carbons (Fsp3) is 0.118. The van der Waals surface area contributed by atoms with Gasteiger partial charge >= 0.3 is 0 Å². The molecule has 0 saturated heterocycles. The van der Waals surface area contributed by atoms with Gasteiger partial charge in [-0.05, 0) is 42.0 Å². The van der Waals surface area contributed by atoms with Crippen LogP contribution in [0.1, 0.15) is 5.56 Å². The van der Waals surface area contributed by atoms with Crippen LogP contribution in [0, 0.1) is 0 Å². The Labute approximate surface area is 182 Å². The van der Waals surface area contributed by atoms with E-state index in [1.165, 1.54) is 23.1 Å². The number of aromatic nitrogens is 2. The Kier molecular flexibility index (Phi) is 7.37. The number of hydrogen-bond acceptors (Lipinski definition) is 6. The molecule has 1 amide bonds. The fourth-order valence-electron chi connectivity index (χ4n) is 1.93. The zero-order valence-electron chi connectivity index (χ0n) is 13.6. The Hall–Kier alpha value is -1.32. The maximum Gasteiger partial charge on any atom is 0.264 e. The summed E-state index contributed by atoms with van der Waals surface area (Å²) in [6.07, 6.45) is 0. The highest BCUT2D eigenvalue weighted by molar-refractivity contribution is 9.10. The summed E-state index contributed by atoms with van der Waals surface area (Å²) >= 11 is 18.2. The molecule has 1 N–H and O–H groups in total. The summed E-state index contributed by atoms with van der Waals surface area (Å²) in [7, 11) is 0. The van der Waals surface area contributed by atoms with Gasteiger partial charge in [-0.25, -0.2) is 0 Å². The van der Waals surface area contributed by atoms with Crippen LogP contribution in [0.15, 0.2) is 51.3 Å². The number of benzene rings is 2. The van der Waals surface area contributed by atoms with Crippen LogP contribution >= 0.6 is 62.2 Å². The number of anilines is 1. The predicted molar refractivity (Wildman–Crippen MR) is 114 cm³/mol. The molecular formula is C17H12BrCl2N3O2S2. The number of amides is 1. The number of hydrogen-bond donors (Lipinski definition) is 1. The molecule has 10 heteroatoms. The molecule has 0 aliphatic heterocycles. The Morgan fingerprint density at radius 2 is 1.96 bits per heavy atom. The summed E-state index contributed by atoms with van der Waals surface area (Å²) in [6.45, 7) is -0.107. The van der Waals surface area contributed by atoms with Crippen molar-refractivity contribution < 1.29 is 9.53 Å². The average Bonchev–Trinajstić information content (AvgIpc) is 3.08. The van der Waals surface area contributed by atoms with E-state index in [0.29, 0.717) is 26.7 Å². The fourth-order valence-corrected chi connectivity index (χ4v) is 4.52. The number of thioether (sulfide) groups is 1. The second-order valence-corrected chi connectivity index (χ2v) is 9.15. The Morgan fingerprint density at radius 3 is 2.70 bits per heavy atom. The van der Waals surface area contributed by atoms with E-state index in [1.807, 2.05) is 18.2 Å². The largest absolute Gasteiger partial charge is 0.484 e. The Balaban J connectivity index is 1.48. The van der Waals surface area contributed by atoms with Gasteiger partial charge in [-0.1, -0.05) is 68.3 Å². The Bertz CT molecular complexity index is 938. The second kappa shape index (κ2) is 9.75. The van der Waals surface area contributed by atoms with Crippen LogP contribution in [0.4, 0.5) is 5.13 Å². The summed E-state index contributed by atoms with van der Waals surface area (Å²) < 4.78 is 7.09. The lowest BCUT2D eigenvalue weighted by atomic mass is 10.2. The maximum absolute atomic E-state index is 12.0. The smallest absolute Gasteiger partial charge is 0.264 e. The van der Waals surface area contributed by atoms with Gasteiger partial charge in [-0.3, -0.25) is 10.1 Å². The summed E-state index contributed by atoms with van der Waals surface area (Å²) in [5.74, 6) is 0.943. The monoisotopic (exact) mass is 503 g/mol. The molecule has 0 fully saturated rings. The molecule has 0 unspecified atom stereocenters. The van der Waals surface area contributed by atoms with Crippen molar-refractivity contribution in [2.75, 3.05) is 11.9 Å². The maximum atomic E-state index is 12.0. The molecule has 0 aliphatic carbocycles. The van der Waals surface area contributed by atoms with Crippen molar-refractivity contribution in [1.29, 1.82) is 0 Å². The molecule has 0 saturated carbocycles. The molecule has 0 atom stereocenters. The normalized spacial score (nSPS) is 10.6. The molecule has 3 rings (SSSR count). The van der Waals surface area contributed by atoms with Crippen LogP contribution in [0.2, 0.25) is 10.0 Å². The van der Waals surface area contributed by atoms with E-state index in [4.69, 9.17) is 27.9 Å². The van der Waals surface area contributed by atoms with Gasteiger partial charge in [-0.15, -0.1) is 10.2 Å². The first-order chi connectivity index (χ1) is 13.0. The lowest BCUT2D eigenvalue weighted by Gasteiger charge is -2.05. The van der Waals surface area contributed by atoms with Gasteiger partial charge in [0.1, 0.15) is 5.75 Å². The number of nitrogens with zero attached hydrogens (tertiary/aromatic N) is 2. The van der Waals surface area contributed by atoms with Crippen LogP contribution in [0.25, 0.3) is 0 Å². The third-order valence-corrected chi connectivity index (χ3v) is 6.34. The predicted octanol–water partition coefficient (Wildman–Crippen LogP) is 5.92. The number of carbonyl (C=O) groups is 1. The molecule has 0 radical (unpaired) electrons. The van der Waals surface area contributed by atoms with Gasteiger partial charge < -0.3 is 4.74 Å². The lowest BCUT2D eigenvalue weighted by Crippen LogP contribution is -2.20. The van der Waals surface area contributed by atoms with E-state index in [-0.39, 0.29) is 12.5 Å². The van der Waals surface area contributed by atoms with Crippen molar-refractivity contribution in [2.45, 2.75) is 10.1 Å². The third-order valence-electron chi connectivity index (χ3n) is 3.20. The van der Waals surface area contributed by atoms with Gasteiger partial charge in [0.2, 0.25) is 5.13 Å². The van der Waals surface area contributed by atoms with Crippen molar-refractivity contribution in [3.05, 3.63) is 62.5 Å². The van der Waals surface area contributed by atoms with Crippen molar-refractivity contribution in [2.24, 2.45) is 0 Å². The zero-order chi connectivity index (χ0) is 19.2. The molecule has 1 heterocycles. The summed E-state index contributed by atoms with van der Waals surface area (Å²) in [6, 6.07) is 12.6. The highest BCUT2D eigenvalue weighted by atomic mass is 79.9. The number of halogens is 3. The quantitative estimate of drug-likeness (QED) is 0.319. The first kappa shape index (κ1) is 20.4. The molecule has 0 bridgehead atoms. The molecule has 140 valence electrons. The van der Waals surface area contributed by atoms with E-state index in [1.54, 1.807) is 24.3 Å². The van der Waals surface area contributed by atoms with Gasteiger partial charge in [0.05, 0.1) is 0 Å². The van der Waals surface area contributed by atoms with Crippen LogP contribution in [0.5, 0.6) is 5.75 Å². The first-order valence-corrected chi connectivity index (χ1v) is 10.9. The van der Waals surface area contributed by atoms with Crippen molar-refractivity contribution in [3.8, 4) is 5.75 Å². The van der Waals surface area contributed by atoms with Crippen LogP contribution < -0.4 is 10.1 Å². The molecule has 5 nitrogen and oxygen atoms in total. The first-order valence-electron chi connectivity index (χ1n) is 7.58. The van der Waals surface area contributed by atoms with Crippen molar-refractivity contribution >= 4 is 73.3 Å². The Morgan fingerprint density at radius 1 is 1.19 bits per heavy atom. The molecule has 2 aromatic carbocycles. The van der Waals surface area contributed by atoms with E-state index < -0.39 is 0 Å². The SMILES string of the molecule is O=C(COc1ccc(Br)cc1)Nc1nnc(SCc2ccc(Cl)cc2Cl)s1.